The van der Waals surface area contributed by atoms with Gasteiger partial charge in [0.15, 0.2) is 6.29 Å². The highest BCUT2D eigenvalue weighted by Crippen LogP contribution is 2.13. The molecule has 0 amide bonds. The Kier molecular flexibility index (Phi) is 3.79. The van der Waals surface area contributed by atoms with E-state index in [1.54, 1.807) is 0 Å². The molecule has 0 aliphatic carbocycles. The first-order chi connectivity index (χ1) is 7.75. The van der Waals surface area contributed by atoms with Gasteiger partial charge in [-0.05, 0) is 26.2 Å². The van der Waals surface area contributed by atoms with Crippen molar-refractivity contribution in [2.45, 2.75) is 39.0 Å². The molecule has 0 aromatic carbocycles. The van der Waals surface area contributed by atoms with Gasteiger partial charge in [0.05, 0.1) is 13.2 Å². The van der Waals surface area contributed by atoms with E-state index in [1.165, 1.54) is 6.42 Å². The van der Waals surface area contributed by atoms with Crippen LogP contribution in [0.25, 0.3) is 0 Å². The van der Waals surface area contributed by atoms with Crippen LogP contribution in [0.1, 0.15) is 25.0 Å². The second-order valence-corrected chi connectivity index (χ2v) is 4.10. The molecule has 90 valence electrons. The van der Waals surface area contributed by atoms with Crippen LogP contribution < -0.4 is 5.73 Å². The van der Waals surface area contributed by atoms with Gasteiger partial charge in [0, 0.05) is 18.4 Å². The van der Waals surface area contributed by atoms with E-state index in [0.717, 1.165) is 31.7 Å². The number of hydrogen-bond donors (Lipinski definition) is 1. The summed E-state index contributed by atoms with van der Waals surface area (Å²) in [7, 11) is 0. The summed E-state index contributed by atoms with van der Waals surface area (Å²) >= 11 is 0. The molecule has 1 aromatic heterocycles. The van der Waals surface area contributed by atoms with Crippen molar-refractivity contribution in [3.8, 4) is 0 Å². The summed E-state index contributed by atoms with van der Waals surface area (Å²) < 4.78 is 13.0. The maximum atomic E-state index is 5.63. The minimum Gasteiger partial charge on any atom is -0.382 e. The molecule has 1 fully saturated rings. The molecule has 0 bridgehead atoms. The Hall–Kier alpha value is -1.07. The van der Waals surface area contributed by atoms with Gasteiger partial charge in [-0.2, -0.15) is 5.10 Å². The maximum absolute atomic E-state index is 5.63. The second-order valence-electron chi connectivity index (χ2n) is 4.10. The molecule has 2 heterocycles. The lowest BCUT2D eigenvalue weighted by Gasteiger charge is -2.22. The zero-order valence-corrected chi connectivity index (χ0v) is 9.69. The van der Waals surface area contributed by atoms with Crippen molar-refractivity contribution in [2.24, 2.45) is 0 Å². The van der Waals surface area contributed by atoms with Gasteiger partial charge in [0.1, 0.15) is 5.82 Å². The Morgan fingerprint density at radius 3 is 3.12 bits per heavy atom. The third kappa shape index (κ3) is 2.96. The monoisotopic (exact) mass is 225 g/mol. The normalized spacial score (nSPS) is 21.2. The summed E-state index contributed by atoms with van der Waals surface area (Å²) in [4.78, 5) is 0. The van der Waals surface area contributed by atoms with Crippen LogP contribution in [-0.2, 0) is 16.0 Å². The van der Waals surface area contributed by atoms with Crippen LogP contribution in [0.4, 0.5) is 5.82 Å². The molecule has 0 unspecified atom stereocenters. The molecule has 1 aliphatic rings. The molecule has 1 saturated heterocycles. The fraction of sp³-hybridized carbons (Fsp3) is 0.727. The number of hydrogen-bond acceptors (Lipinski definition) is 4. The summed E-state index contributed by atoms with van der Waals surface area (Å²) in [6.45, 7) is 4.15. The molecule has 1 aliphatic heterocycles. The van der Waals surface area contributed by atoms with Crippen molar-refractivity contribution >= 4 is 5.82 Å². The highest BCUT2D eigenvalue weighted by molar-refractivity contribution is 5.28. The fourth-order valence-electron chi connectivity index (χ4n) is 1.88. The van der Waals surface area contributed by atoms with E-state index in [2.05, 4.69) is 5.10 Å². The number of rotatable bonds is 4. The lowest BCUT2D eigenvalue weighted by atomic mass is 10.2. The van der Waals surface area contributed by atoms with Gasteiger partial charge in [-0.15, -0.1) is 0 Å². The Labute approximate surface area is 95.5 Å². The fourth-order valence-corrected chi connectivity index (χ4v) is 1.88. The Bertz CT molecular complexity index is 332. The zero-order chi connectivity index (χ0) is 11.4. The van der Waals surface area contributed by atoms with E-state index in [4.69, 9.17) is 15.2 Å². The standard InChI is InChI=1S/C11H19N3O2/c1-9-8-10(12)13-14(9)5-7-16-11-4-2-3-6-15-11/h8,11H,2-7H2,1H3,(H2,12,13)/t11-/m1/s1. The minimum absolute atomic E-state index is 0.0260. The molecule has 2 rings (SSSR count). The van der Waals surface area contributed by atoms with Crippen LogP contribution in [0.5, 0.6) is 0 Å². The number of aromatic nitrogens is 2. The Balaban J connectivity index is 1.73. The average Bonchev–Trinajstić information content (AvgIpc) is 2.59. The molecule has 16 heavy (non-hydrogen) atoms. The molecule has 1 atom stereocenters. The highest BCUT2D eigenvalue weighted by atomic mass is 16.7. The number of anilines is 1. The van der Waals surface area contributed by atoms with Crippen LogP contribution in [0.15, 0.2) is 6.07 Å². The summed E-state index contributed by atoms with van der Waals surface area (Å²) in [6, 6.07) is 1.86. The van der Waals surface area contributed by atoms with Crippen molar-refractivity contribution < 1.29 is 9.47 Å². The highest BCUT2D eigenvalue weighted by Gasteiger charge is 2.13. The van der Waals surface area contributed by atoms with E-state index in [1.807, 2.05) is 17.7 Å². The molecule has 5 nitrogen and oxygen atoms in total. The van der Waals surface area contributed by atoms with Gasteiger partial charge in [0.25, 0.3) is 0 Å². The van der Waals surface area contributed by atoms with Gasteiger partial charge < -0.3 is 15.2 Å². The first-order valence-electron chi connectivity index (χ1n) is 5.79. The van der Waals surface area contributed by atoms with Gasteiger partial charge in [-0.25, -0.2) is 0 Å². The average molecular weight is 225 g/mol. The molecular formula is C11H19N3O2. The van der Waals surface area contributed by atoms with Gasteiger partial charge in [-0.3, -0.25) is 4.68 Å². The molecule has 0 saturated carbocycles. The van der Waals surface area contributed by atoms with E-state index in [0.29, 0.717) is 12.4 Å². The zero-order valence-electron chi connectivity index (χ0n) is 9.69. The van der Waals surface area contributed by atoms with E-state index in [-0.39, 0.29) is 6.29 Å². The first-order valence-corrected chi connectivity index (χ1v) is 5.79. The van der Waals surface area contributed by atoms with Crippen LogP contribution in [0.2, 0.25) is 0 Å². The summed E-state index contributed by atoms with van der Waals surface area (Å²) in [5.74, 6) is 0.561. The molecule has 2 N–H and O–H groups in total. The van der Waals surface area contributed by atoms with Crippen molar-refractivity contribution in [1.82, 2.24) is 9.78 Å². The number of aryl methyl sites for hydroxylation is 1. The largest absolute Gasteiger partial charge is 0.382 e. The van der Waals surface area contributed by atoms with Crippen LogP contribution in [-0.4, -0.2) is 29.3 Å². The smallest absolute Gasteiger partial charge is 0.157 e. The van der Waals surface area contributed by atoms with Crippen molar-refractivity contribution in [3.05, 3.63) is 11.8 Å². The third-order valence-electron chi connectivity index (χ3n) is 2.74. The van der Waals surface area contributed by atoms with Crippen molar-refractivity contribution in [1.29, 1.82) is 0 Å². The SMILES string of the molecule is Cc1cc(N)nn1CCO[C@@H]1CCCCO1. The van der Waals surface area contributed by atoms with Gasteiger partial charge in [-0.1, -0.05) is 0 Å². The summed E-state index contributed by atoms with van der Waals surface area (Å²) in [5.41, 5.74) is 6.66. The Morgan fingerprint density at radius 1 is 1.62 bits per heavy atom. The minimum atomic E-state index is -0.0260. The predicted molar refractivity (Wildman–Crippen MR) is 60.9 cm³/mol. The van der Waals surface area contributed by atoms with Crippen molar-refractivity contribution in [3.63, 3.8) is 0 Å². The number of nitrogens with two attached hydrogens (primary N) is 1. The summed E-state index contributed by atoms with van der Waals surface area (Å²) in [5, 5.41) is 4.17. The topological polar surface area (TPSA) is 62.3 Å². The molecule has 0 radical (unpaired) electrons. The van der Waals surface area contributed by atoms with Gasteiger partial charge in [0.2, 0.25) is 0 Å². The third-order valence-corrected chi connectivity index (χ3v) is 2.74. The van der Waals surface area contributed by atoms with E-state index >= 15 is 0 Å². The molecule has 1 aromatic rings. The van der Waals surface area contributed by atoms with Crippen LogP contribution >= 0.6 is 0 Å². The number of nitrogens with zero attached hydrogens (tertiary/aromatic N) is 2. The molecule has 5 heteroatoms. The van der Waals surface area contributed by atoms with Crippen molar-refractivity contribution in [2.75, 3.05) is 18.9 Å². The lowest BCUT2D eigenvalue weighted by Crippen LogP contribution is -2.24. The van der Waals surface area contributed by atoms with Crippen LogP contribution in [0, 0.1) is 6.92 Å². The van der Waals surface area contributed by atoms with E-state index < -0.39 is 0 Å². The quantitative estimate of drug-likeness (QED) is 0.839. The first kappa shape index (κ1) is 11.4. The van der Waals surface area contributed by atoms with Gasteiger partial charge >= 0.3 is 0 Å². The Morgan fingerprint density at radius 2 is 2.50 bits per heavy atom. The maximum Gasteiger partial charge on any atom is 0.157 e. The summed E-state index contributed by atoms with van der Waals surface area (Å²) in [6.07, 6.45) is 3.31. The molecule has 0 spiro atoms. The second kappa shape index (κ2) is 5.32. The number of nitrogen functional groups attached to an aromatic ring is 1. The number of ether oxygens (including phenoxy) is 2. The lowest BCUT2D eigenvalue weighted by molar-refractivity contribution is -0.163. The van der Waals surface area contributed by atoms with E-state index in [9.17, 15) is 0 Å². The predicted octanol–water partition coefficient (Wildman–Crippen LogP) is 1.32. The van der Waals surface area contributed by atoms with Crippen LogP contribution in [0.3, 0.4) is 0 Å². The molecular weight excluding hydrogens is 206 g/mol.